The number of allylic oxidation sites excluding steroid dienone is 12. The van der Waals surface area contributed by atoms with Crippen molar-refractivity contribution >= 4 is 17.9 Å². The molecule has 0 radical (unpaired) electrons. The fraction of sp³-hybridized carbons (Fsp3) is 0.750. The predicted octanol–water partition coefficient (Wildman–Crippen LogP) is 18.6. The molecule has 6 heteroatoms. The minimum absolute atomic E-state index is 0.0896. The van der Waals surface area contributed by atoms with Crippen molar-refractivity contribution < 1.29 is 28.6 Å². The molecule has 6 nitrogen and oxygen atoms in total. The number of carbonyl (C=O) groups is 3. The molecule has 380 valence electrons. The van der Waals surface area contributed by atoms with Gasteiger partial charge in [0, 0.05) is 19.3 Å². The molecule has 0 fully saturated rings. The van der Waals surface area contributed by atoms with Gasteiger partial charge in [-0.1, -0.05) is 209 Å². The lowest BCUT2D eigenvalue weighted by molar-refractivity contribution is -0.167. The molecule has 0 N–H and O–H groups in total. The van der Waals surface area contributed by atoms with E-state index in [1.165, 1.54) is 122 Å². The molecular weight excluding hydrogens is 817 g/mol. The summed E-state index contributed by atoms with van der Waals surface area (Å²) in [7, 11) is 0. The SMILES string of the molecule is CCCCC/C=C\C/C=C\C/C=C\CCCCCCCCC(=O)OC[C@@H](COC(=O)CCCCCCC/C=C\CCCCCCC)OC(=O)CCCCCCC/C=C\C/C=C\CCCCC. The molecule has 0 aromatic heterocycles. The predicted molar refractivity (Wildman–Crippen MR) is 284 cm³/mol. The minimum atomic E-state index is -0.792. The van der Waals surface area contributed by atoms with E-state index in [0.717, 1.165) is 109 Å². The van der Waals surface area contributed by atoms with Crippen LogP contribution in [0, 0.1) is 0 Å². The van der Waals surface area contributed by atoms with Crippen LogP contribution in [-0.2, 0) is 28.6 Å². The lowest BCUT2D eigenvalue weighted by Gasteiger charge is -2.18. The Bertz CT molecular complexity index is 1240. The van der Waals surface area contributed by atoms with Crippen molar-refractivity contribution in [3.05, 3.63) is 72.9 Å². The van der Waals surface area contributed by atoms with Gasteiger partial charge in [-0.05, 0) is 116 Å². The number of carbonyl (C=O) groups excluding carboxylic acids is 3. The quantitative estimate of drug-likeness (QED) is 0.0262. The second-order valence-corrected chi connectivity index (χ2v) is 18.5. The molecule has 0 aliphatic rings. The number of esters is 3. The summed E-state index contributed by atoms with van der Waals surface area (Å²) in [6.45, 7) is 6.56. The van der Waals surface area contributed by atoms with Gasteiger partial charge in [-0.3, -0.25) is 14.4 Å². The average molecular weight is 921 g/mol. The molecule has 1 atom stereocenters. The molecule has 0 bridgehead atoms. The highest BCUT2D eigenvalue weighted by atomic mass is 16.6. The zero-order valence-corrected chi connectivity index (χ0v) is 43.4. The van der Waals surface area contributed by atoms with Crippen molar-refractivity contribution in [2.45, 2.75) is 277 Å². The highest BCUT2D eigenvalue weighted by Crippen LogP contribution is 2.14. The van der Waals surface area contributed by atoms with Crippen LogP contribution < -0.4 is 0 Å². The molecule has 0 amide bonds. The third-order valence-corrected chi connectivity index (χ3v) is 11.9. The highest BCUT2D eigenvalue weighted by Gasteiger charge is 2.19. The topological polar surface area (TPSA) is 78.9 Å². The van der Waals surface area contributed by atoms with Crippen LogP contribution >= 0.6 is 0 Å². The third-order valence-electron chi connectivity index (χ3n) is 11.9. The standard InChI is InChI=1S/C60H104O6/c1-4-7-10-13-16-19-22-25-28-29-30-31-33-35-38-41-44-47-50-53-59(62)65-56-57(55-64-58(61)52-49-46-43-40-37-34-27-24-21-18-15-12-9-6-3)66-60(63)54-51-48-45-42-39-36-32-26-23-20-17-14-11-8-5-2/h16-17,19-20,24-28,30-32,57H,4-15,18,21-23,29,33-56H2,1-3H3/b19-16-,20-17-,27-24-,28-25-,31-30-,32-26-/t57-/m1/s1. The summed E-state index contributed by atoms with van der Waals surface area (Å²) in [6, 6.07) is 0. The Hall–Kier alpha value is -3.15. The van der Waals surface area contributed by atoms with Crippen molar-refractivity contribution in [2.75, 3.05) is 13.2 Å². The Morgan fingerprint density at radius 2 is 0.545 bits per heavy atom. The molecule has 0 rings (SSSR count). The molecule has 0 unspecified atom stereocenters. The molecular formula is C60H104O6. The van der Waals surface area contributed by atoms with Crippen molar-refractivity contribution in [3.63, 3.8) is 0 Å². The van der Waals surface area contributed by atoms with E-state index < -0.39 is 6.10 Å². The Morgan fingerprint density at radius 1 is 0.303 bits per heavy atom. The van der Waals surface area contributed by atoms with Crippen LogP contribution in [0.4, 0.5) is 0 Å². The first-order chi connectivity index (χ1) is 32.5. The van der Waals surface area contributed by atoms with Crippen LogP contribution in [0.5, 0.6) is 0 Å². The van der Waals surface area contributed by atoms with Gasteiger partial charge in [0.2, 0.25) is 0 Å². The largest absolute Gasteiger partial charge is 0.462 e. The van der Waals surface area contributed by atoms with Crippen molar-refractivity contribution in [3.8, 4) is 0 Å². The van der Waals surface area contributed by atoms with E-state index in [1.54, 1.807) is 0 Å². The van der Waals surface area contributed by atoms with Crippen LogP contribution in [0.15, 0.2) is 72.9 Å². The zero-order chi connectivity index (χ0) is 47.9. The van der Waals surface area contributed by atoms with Crippen LogP contribution in [0.2, 0.25) is 0 Å². The fourth-order valence-electron chi connectivity index (χ4n) is 7.65. The molecule has 0 aliphatic heterocycles. The summed E-state index contributed by atoms with van der Waals surface area (Å²) in [4.78, 5) is 38.1. The lowest BCUT2D eigenvalue weighted by Crippen LogP contribution is -2.30. The van der Waals surface area contributed by atoms with E-state index in [9.17, 15) is 14.4 Å². The van der Waals surface area contributed by atoms with Crippen LogP contribution in [0.3, 0.4) is 0 Å². The lowest BCUT2D eigenvalue weighted by atomic mass is 10.1. The minimum Gasteiger partial charge on any atom is -0.462 e. The van der Waals surface area contributed by atoms with Gasteiger partial charge in [0.05, 0.1) is 0 Å². The maximum Gasteiger partial charge on any atom is 0.306 e. The maximum absolute atomic E-state index is 12.8. The van der Waals surface area contributed by atoms with E-state index in [0.29, 0.717) is 19.3 Å². The van der Waals surface area contributed by atoms with Gasteiger partial charge in [0.1, 0.15) is 13.2 Å². The Balaban J connectivity index is 4.43. The van der Waals surface area contributed by atoms with E-state index in [4.69, 9.17) is 14.2 Å². The molecule has 0 aromatic rings. The summed E-state index contributed by atoms with van der Waals surface area (Å²) in [6.07, 6.45) is 68.8. The van der Waals surface area contributed by atoms with Crippen molar-refractivity contribution in [1.82, 2.24) is 0 Å². The molecule has 66 heavy (non-hydrogen) atoms. The van der Waals surface area contributed by atoms with Crippen LogP contribution in [0.1, 0.15) is 271 Å². The Kier molecular flexibility index (Phi) is 51.9. The summed E-state index contributed by atoms with van der Waals surface area (Å²) < 4.78 is 16.8. The summed E-state index contributed by atoms with van der Waals surface area (Å²) >= 11 is 0. The number of rotatable bonds is 50. The summed E-state index contributed by atoms with van der Waals surface area (Å²) in [5, 5.41) is 0. The first-order valence-electron chi connectivity index (χ1n) is 27.9. The van der Waals surface area contributed by atoms with E-state index in [-0.39, 0.29) is 31.1 Å². The van der Waals surface area contributed by atoms with Crippen molar-refractivity contribution in [1.29, 1.82) is 0 Å². The fourth-order valence-corrected chi connectivity index (χ4v) is 7.65. The number of unbranched alkanes of at least 4 members (excludes halogenated alkanes) is 27. The first-order valence-corrected chi connectivity index (χ1v) is 27.9. The molecule has 0 heterocycles. The average Bonchev–Trinajstić information content (AvgIpc) is 3.31. The number of hydrogen-bond donors (Lipinski definition) is 0. The molecule has 0 aliphatic carbocycles. The number of ether oxygens (including phenoxy) is 3. The monoisotopic (exact) mass is 921 g/mol. The third kappa shape index (κ3) is 51.8. The molecule has 0 aromatic carbocycles. The summed E-state index contributed by atoms with van der Waals surface area (Å²) in [5.74, 6) is -0.919. The van der Waals surface area contributed by atoms with E-state index in [2.05, 4.69) is 93.7 Å². The van der Waals surface area contributed by atoms with Gasteiger partial charge < -0.3 is 14.2 Å². The molecule has 0 saturated carbocycles. The summed E-state index contributed by atoms with van der Waals surface area (Å²) in [5.41, 5.74) is 0. The van der Waals surface area contributed by atoms with Gasteiger partial charge >= 0.3 is 17.9 Å². The highest BCUT2D eigenvalue weighted by molar-refractivity contribution is 5.71. The van der Waals surface area contributed by atoms with Gasteiger partial charge in [-0.25, -0.2) is 0 Å². The Labute approximate surface area is 408 Å². The van der Waals surface area contributed by atoms with Gasteiger partial charge in [0.15, 0.2) is 6.10 Å². The van der Waals surface area contributed by atoms with Crippen LogP contribution in [-0.4, -0.2) is 37.2 Å². The van der Waals surface area contributed by atoms with Gasteiger partial charge in [0.25, 0.3) is 0 Å². The smallest absolute Gasteiger partial charge is 0.306 e. The Morgan fingerprint density at radius 3 is 0.894 bits per heavy atom. The van der Waals surface area contributed by atoms with Crippen LogP contribution in [0.25, 0.3) is 0 Å². The molecule has 0 spiro atoms. The van der Waals surface area contributed by atoms with Crippen molar-refractivity contribution in [2.24, 2.45) is 0 Å². The normalized spacial score (nSPS) is 12.6. The van der Waals surface area contributed by atoms with Gasteiger partial charge in [-0.2, -0.15) is 0 Å². The maximum atomic E-state index is 12.8. The van der Waals surface area contributed by atoms with E-state index in [1.807, 2.05) is 0 Å². The van der Waals surface area contributed by atoms with E-state index >= 15 is 0 Å². The number of hydrogen-bond acceptors (Lipinski definition) is 6. The zero-order valence-electron chi connectivity index (χ0n) is 43.4. The first kappa shape index (κ1) is 62.8. The second-order valence-electron chi connectivity index (χ2n) is 18.5. The van der Waals surface area contributed by atoms with Gasteiger partial charge in [-0.15, -0.1) is 0 Å². The molecule has 0 saturated heterocycles. The second kappa shape index (κ2) is 54.5.